The van der Waals surface area contributed by atoms with E-state index in [9.17, 15) is 36.6 Å². The van der Waals surface area contributed by atoms with E-state index in [4.69, 9.17) is 9.79 Å². The molecule has 3 unspecified atom stereocenters. The third kappa shape index (κ3) is 12.9. The van der Waals surface area contributed by atoms with Crippen molar-refractivity contribution in [1.82, 2.24) is 15.1 Å². The van der Waals surface area contributed by atoms with Crippen LogP contribution in [0.15, 0.2) is 0 Å². The quantitative estimate of drug-likeness (QED) is 0.127. The van der Waals surface area contributed by atoms with Gasteiger partial charge in [-0.25, -0.2) is 13.7 Å². The van der Waals surface area contributed by atoms with E-state index in [0.717, 1.165) is 6.42 Å². The molecular formula is C21H45N3O11P2S. The van der Waals surface area contributed by atoms with Gasteiger partial charge in [0, 0.05) is 31.6 Å². The molecular weight excluding hydrogens is 564 g/mol. The van der Waals surface area contributed by atoms with E-state index >= 15 is 0 Å². The lowest BCUT2D eigenvalue weighted by Crippen LogP contribution is -2.59. The first-order valence-corrected chi connectivity index (χ1v) is 17.2. The van der Waals surface area contributed by atoms with E-state index in [1.807, 2.05) is 6.92 Å². The molecule has 0 spiro atoms. The Morgan fingerprint density at radius 3 is 1.97 bits per heavy atom. The van der Waals surface area contributed by atoms with Gasteiger partial charge < -0.3 is 29.8 Å². The number of amides is 3. The van der Waals surface area contributed by atoms with Crippen LogP contribution in [0.1, 0.15) is 68.2 Å². The number of rotatable bonds is 16. The number of phosphoric acid groups is 1. The molecule has 0 heterocycles. The van der Waals surface area contributed by atoms with Crippen LogP contribution in [0.5, 0.6) is 0 Å². The van der Waals surface area contributed by atoms with Crippen LogP contribution >= 0.6 is 15.4 Å². The second-order valence-corrected chi connectivity index (χ2v) is 15.5. The predicted octanol–water partition coefficient (Wildman–Crippen LogP) is 2.66. The van der Waals surface area contributed by atoms with Gasteiger partial charge in [0.2, 0.25) is 5.91 Å². The molecule has 226 valence electrons. The Kier molecular flexibility index (Phi) is 13.6. The number of urea groups is 1. The minimum absolute atomic E-state index is 0.228. The highest BCUT2D eigenvalue weighted by atomic mass is 32.2. The monoisotopic (exact) mass is 609 g/mol. The van der Waals surface area contributed by atoms with Crippen molar-refractivity contribution < 1.29 is 50.7 Å². The maximum atomic E-state index is 13.5. The number of nitrogens with one attached hydrogen (secondary N) is 1. The third-order valence-electron chi connectivity index (χ3n) is 6.60. The molecule has 0 radical (unpaired) electrons. The van der Waals surface area contributed by atoms with Gasteiger partial charge in [0.15, 0.2) is 0 Å². The Labute approximate surface area is 226 Å². The Morgan fingerprint density at radius 2 is 1.55 bits per heavy atom. The molecule has 17 heteroatoms. The summed E-state index contributed by atoms with van der Waals surface area (Å²) in [6, 6.07) is -1.12. The zero-order valence-electron chi connectivity index (χ0n) is 23.4. The van der Waals surface area contributed by atoms with Gasteiger partial charge >= 0.3 is 21.4 Å². The van der Waals surface area contributed by atoms with Crippen LogP contribution in [-0.2, 0) is 28.4 Å². The Hall–Kier alpha value is -1.05. The summed E-state index contributed by atoms with van der Waals surface area (Å²) in [6.45, 7) is 13.7. The maximum absolute atomic E-state index is 13.5. The third-order valence-corrected chi connectivity index (χ3v) is 10.3. The van der Waals surface area contributed by atoms with E-state index in [1.165, 1.54) is 23.6 Å². The predicted molar refractivity (Wildman–Crippen MR) is 143 cm³/mol. The summed E-state index contributed by atoms with van der Waals surface area (Å²) in [5.41, 5.74) is -2.11. The highest BCUT2D eigenvalue weighted by Crippen LogP contribution is 2.56. The normalized spacial score (nSPS) is 16.3. The smallest absolute Gasteiger partial charge is 0.342 e. The molecule has 3 atom stereocenters. The van der Waals surface area contributed by atoms with Crippen molar-refractivity contribution in [1.29, 1.82) is 0 Å². The van der Waals surface area contributed by atoms with Crippen LogP contribution in [0.3, 0.4) is 0 Å². The summed E-state index contributed by atoms with van der Waals surface area (Å²) >= 11 is 0. The molecule has 0 aliphatic carbocycles. The summed E-state index contributed by atoms with van der Waals surface area (Å²) in [5.74, 6) is -1.78. The number of nitrogens with zero attached hydrogens (tertiary/aromatic N) is 2. The maximum Gasteiger partial charge on any atom is 0.476 e. The van der Waals surface area contributed by atoms with Gasteiger partial charge in [-0.05, 0) is 39.5 Å². The molecule has 3 amide bonds. The van der Waals surface area contributed by atoms with Gasteiger partial charge in [0.05, 0.1) is 17.5 Å². The van der Waals surface area contributed by atoms with Crippen LogP contribution in [0.25, 0.3) is 0 Å². The first-order valence-electron chi connectivity index (χ1n) is 12.3. The van der Waals surface area contributed by atoms with Crippen molar-refractivity contribution in [2.75, 3.05) is 31.5 Å². The molecule has 38 heavy (non-hydrogen) atoms. The average molecular weight is 610 g/mol. The number of hydrogen-bond acceptors (Lipinski definition) is 7. The molecule has 0 aliphatic heterocycles. The van der Waals surface area contributed by atoms with Crippen molar-refractivity contribution in [3.63, 3.8) is 0 Å². The van der Waals surface area contributed by atoms with Crippen LogP contribution in [-0.4, -0.2) is 92.5 Å². The van der Waals surface area contributed by atoms with Gasteiger partial charge in [0.25, 0.3) is 10.1 Å². The van der Waals surface area contributed by atoms with Crippen LogP contribution < -0.4 is 5.32 Å². The van der Waals surface area contributed by atoms with E-state index in [1.54, 1.807) is 34.6 Å². The molecule has 0 aromatic carbocycles. The number of unbranched alkanes of at least 4 members (excludes halogenated alkanes) is 1. The summed E-state index contributed by atoms with van der Waals surface area (Å²) in [7, 11) is -14.2. The first-order chi connectivity index (χ1) is 16.9. The van der Waals surface area contributed by atoms with Crippen LogP contribution in [0.2, 0.25) is 0 Å². The summed E-state index contributed by atoms with van der Waals surface area (Å²) in [5, 5.41) is 2.61. The zero-order valence-corrected chi connectivity index (χ0v) is 26.1. The lowest BCUT2D eigenvalue weighted by molar-refractivity contribution is -0.140. The van der Waals surface area contributed by atoms with Crippen molar-refractivity contribution >= 4 is 37.5 Å². The van der Waals surface area contributed by atoms with E-state index < -0.39 is 66.4 Å². The minimum atomic E-state index is -5.21. The molecule has 5 N–H and O–H groups in total. The van der Waals surface area contributed by atoms with Crippen LogP contribution in [0.4, 0.5) is 4.79 Å². The molecule has 0 aromatic heterocycles. The largest absolute Gasteiger partial charge is 0.476 e. The van der Waals surface area contributed by atoms with Gasteiger partial charge in [-0.3, -0.25) is 13.9 Å². The van der Waals surface area contributed by atoms with Gasteiger partial charge in [-0.2, -0.15) is 8.42 Å². The van der Waals surface area contributed by atoms with Crippen molar-refractivity contribution in [3.8, 4) is 0 Å². The van der Waals surface area contributed by atoms with E-state index in [-0.39, 0.29) is 25.5 Å². The first kappa shape index (κ1) is 37.0. The molecule has 0 fully saturated rings. The molecule has 0 aromatic rings. The lowest BCUT2D eigenvalue weighted by Gasteiger charge is -2.44. The molecule has 0 saturated heterocycles. The number of carbonyl (C=O) groups is 2. The van der Waals surface area contributed by atoms with E-state index in [2.05, 4.69) is 9.63 Å². The average Bonchev–Trinajstić information content (AvgIpc) is 2.69. The topological polar surface area (TPSA) is 211 Å². The summed E-state index contributed by atoms with van der Waals surface area (Å²) in [6.07, 6.45) is 0.620. The second kappa shape index (κ2) is 14.0. The Bertz CT molecular complexity index is 1010. The number of carbonyl (C=O) groups excluding carboxylic acids is 2. The molecule has 0 bridgehead atoms. The zero-order chi connectivity index (χ0) is 30.3. The molecule has 14 nitrogen and oxygen atoms in total. The summed E-state index contributed by atoms with van der Waals surface area (Å²) < 4.78 is 58.9. The highest BCUT2D eigenvalue weighted by Gasteiger charge is 2.43. The SMILES string of the molecule is CCCCN(CCP(=O)(O)OP(=O)(O)O)C(=O)C(C)C(C)(C)C(C)N(CC)C(=O)NC(C)(C)CS(=O)(=O)O. The van der Waals surface area contributed by atoms with Crippen LogP contribution in [0, 0.1) is 11.3 Å². The Balaban J connectivity index is 5.79. The number of hydrogen-bond donors (Lipinski definition) is 5. The Morgan fingerprint density at radius 1 is 1.03 bits per heavy atom. The highest BCUT2D eigenvalue weighted by molar-refractivity contribution is 7.85. The van der Waals surface area contributed by atoms with Gasteiger partial charge in [0.1, 0.15) is 0 Å². The van der Waals surface area contributed by atoms with Gasteiger partial charge in [-0.15, -0.1) is 0 Å². The molecule has 0 aliphatic rings. The lowest BCUT2D eigenvalue weighted by atomic mass is 9.73. The standard InChI is InChI=1S/C21H45N3O11P2S/c1-9-11-12-23(13-14-36(27,28)35-37(29,30)31)18(25)16(3)21(7,8)17(4)24(10-2)19(26)22-20(5,6)15-38(32,33)34/h16-17H,9-15H2,1-8H3,(H,22,26)(H,27,28)(H2,29,30,31)(H,32,33,34). The van der Waals surface area contributed by atoms with Crippen molar-refractivity contribution in [2.45, 2.75) is 79.8 Å². The fourth-order valence-electron chi connectivity index (χ4n) is 3.94. The molecule has 0 saturated carbocycles. The van der Waals surface area contributed by atoms with Gasteiger partial charge in [-0.1, -0.05) is 34.1 Å². The fraction of sp³-hybridized carbons (Fsp3) is 0.905. The second-order valence-electron chi connectivity index (χ2n) is 10.7. The van der Waals surface area contributed by atoms with Crippen molar-refractivity contribution in [2.24, 2.45) is 11.3 Å². The fourth-order valence-corrected chi connectivity index (χ4v) is 7.07. The summed E-state index contributed by atoms with van der Waals surface area (Å²) in [4.78, 5) is 56.9. The van der Waals surface area contributed by atoms with Crippen molar-refractivity contribution in [3.05, 3.63) is 0 Å². The molecule has 0 rings (SSSR count). The minimum Gasteiger partial charge on any atom is -0.342 e. The van der Waals surface area contributed by atoms with E-state index in [0.29, 0.717) is 6.42 Å².